The number of aliphatic hydroxyl groups excluding tert-OH is 1. The molecule has 3 aliphatic rings. The summed E-state index contributed by atoms with van der Waals surface area (Å²) in [7, 11) is 0. The smallest absolute Gasteiger partial charge is 0.251 e. The lowest BCUT2D eigenvalue weighted by Crippen LogP contribution is -2.74. The summed E-state index contributed by atoms with van der Waals surface area (Å²) in [6.07, 6.45) is 6.83. The summed E-state index contributed by atoms with van der Waals surface area (Å²) in [6, 6.07) is 21.4. The Bertz CT molecular complexity index is 2490. The van der Waals surface area contributed by atoms with E-state index in [0.29, 0.717) is 40.8 Å². The molecule has 0 unspecified atom stereocenters. The molecule has 12 nitrogen and oxygen atoms in total. The van der Waals surface area contributed by atoms with E-state index in [2.05, 4.69) is 73.6 Å². The van der Waals surface area contributed by atoms with Gasteiger partial charge in [0.15, 0.2) is 5.78 Å². The molecule has 2 saturated carbocycles. The maximum absolute atomic E-state index is 14.1. The van der Waals surface area contributed by atoms with E-state index in [1.807, 2.05) is 50.5 Å². The van der Waals surface area contributed by atoms with Gasteiger partial charge in [-0.2, -0.15) is 5.26 Å². The van der Waals surface area contributed by atoms with Crippen LogP contribution in [0.2, 0.25) is 5.02 Å². The van der Waals surface area contributed by atoms with E-state index in [0.717, 1.165) is 48.8 Å². The van der Waals surface area contributed by atoms with Crippen molar-refractivity contribution in [2.75, 3.05) is 19.8 Å². The number of carbonyl (C=O) groups excluding carboxylic acids is 4. The Labute approximate surface area is 416 Å². The zero-order chi connectivity index (χ0) is 49.7. The predicted octanol–water partition coefficient (Wildman–Crippen LogP) is 9.64. The summed E-state index contributed by atoms with van der Waals surface area (Å²) >= 11 is 7.91. The second kappa shape index (κ2) is 21.9. The van der Waals surface area contributed by atoms with E-state index in [1.54, 1.807) is 29.5 Å². The molecule has 2 heterocycles. The molecule has 3 aromatic carbocycles. The number of nitrogens with zero attached hydrogens (tertiary/aromatic N) is 3. The number of halogens is 1. The molecule has 3 atom stereocenters. The number of thiazole rings is 1. The molecule has 0 bridgehead atoms. The van der Waals surface area contributed by atoms with Crippen molar-refractivity contribution in [2.45, 2.75) is 149 Å². The fraction of sp³-hybridized carbons (Fsp3) is 0.527. The number of nitrogens with one attached hydrogen (secondary N) is 2. The molecule has 1 aliphatic heterocycles. The van der Waals surface area contributed by atoms with E-state index in [4.69, 9.17) is 21.1 Å². The third kappa shape index (κ3) is 12.4. The van der Waals surface area contributed by atoms with Gasteiger partial charge in [0.1, 0.15) is 30.6 Å². The molecule has 1 aromatic heterocycles. The van der Waals surface area contributed by atoms with Crippen LogP contribution in [0.1, 0.15) is 138 Å². The van der Waals surface area contributed by atoms with Crippen LogP contribution in [0.4, 0.5) is 0 Å². The highest BCUT2D eigenvalue weighted by Crippen LogP contribution is 2.55. The van der Waals surface area contributed by atoms with Crippen LogP contribution < -0.4 is 15.4 Å². The van der Waals surface area contributed by atoms with Crippen LogP contribution in [-0.2, 0) is 32.0 Å². The van der Waals surface area contributed by atoms with E-state index < -0.39 is 29.5 Å². The fourth-order valence-corrected chi connectivity index (χ4v) is 11.5. The minimum atomic E-state index is -0.907. The fourth-order valence-electron chi connectivity index (χ4n) is 10.4. The molecule has 4 aromatic rings. The molecule has 3 N–H and O–H groups in total. The number of benzene rings is 3. The van der Waals surface area contributed by atoms with Gasteiger partial charge in [0.2, 0.25) is 11.8 Å². The number of unbranched alkanes of at least 4 members (excludes halogenated alkanes) is 3. The SMILES string of the molecule is CC1(C)C(NC(=O)c2ccc(CCCCCCOCC(=O)N[C@H](C(=O)N3C[C@H](O)C[C@H]3C(=O)CCc3ccc(-c4scnc4C4CC4)cc3)C(C)(C)C)cc2)C(C)(C)C1Oc1ccc(C#N)c(Cl)c1. The van der Waals surface area contributed by atoms with Crippen LogP contribution in [0.25, 0.3) is 10.4 Å². The maximum atomic E-state index is 14.1. The Morgan fingerprint density at radius 3 is 2.26 bits per heavy atom. The number of likely N-dealkylation sites (tertiary alicyclic amines) is 1. The van der Waals surface area contributed by atoms with Gasteiger partial charge in [-0.3, -0.25) is 19.2 Å². The van der Waals surface area contributed by atoms with Crippen molar-refractivity contribution in [2.24, 2.45) is 16.2 Å². The first-order chi connectivity index (χ1) is 32.8. The molecule has 69 heavy (non-hydrogen) atoms. The zero-order valence-corrected chi connectivity index (χ0v) is 42.7. The van der Waals surface area contributed by atoms with E-state index >= 15 is 0 Å². The van der Waals surface area contributed by atoms with Gasteiger partial charge in [-0.1, -0.05) is 109 Å². The number of Topliss-reactive ketones (excluding diaryl/α,β-unsaturated/α-hetero) is 1. The van der Waals surface area contributed by atoms with Crippen molar-refractivity contribution in [3.8, 4) is 22.3 Å². The predicted molar refractivity (Wildman–Crippen MR) is 269 cm³/mol. The van der Waals surface area contributed by atoms with Gasteiger partial charge in [-0.25, -0.2) is 4.98 Å². The van der Waals surface area contributed by atoms with Crippen molar-refractivity contribution in [3.05, 3.63) is 105 Å². The molecular weight excluding hydrogens is 910 g/mol. The van der Waals surface area contributed by atoms with Crippen molar-refractivity contribution in [3.63, 3.8) is 0 Å². The number of aryl methyl sites for hydroxylation is 2. The highest BCUT2D eigenvalue weighted by molar-refractivity contribution is 7.13. The van der Waals surface area contributed by atoms with Gasteiger partial charge < -0.3 is 30.1 Å². The molecule has 1 saturated heterocycles. The first-order valence-electron chi connectivity index (χ1n) is 24.4. The molecule has 2 aliphatic carbocycles. The number of rotatable bonds is 21. The first-order valence-corrected chi connectivity index (χ1v) is 25.7. The van der Waals surface area contributed by atoms with Crippen LogP contribution in [0.15, 0.2) is 72.2 Å². The summed E-state index contributed by atoms with van der Waals surface area (Å²) in [5.74, 6) is 0.144. The molecule has 3 fully saturated rings. The standard InChI is InChI=1S/C55H68ClN5O7S/c1-53(2,3)48(50(66)61-31-40(62)28-43(61)44(63)26-17-35-13-18-37(19-14-35)47-46(36-22-23-36)58-33-69-47)59-45(64)32-67-27-11-9-8-10-12-34-15-20-38(21-16-34)49(65)60-51-54(4,5)52(55(51,6)7)68-41-25-24-39(30-57)42(56)29-41/h13-16,18-21,24-25,29,33,36,40,43,48,51-52,62H,8-12,17,22-23,26-28,31-32H2,1-7H3,(H,59,64)(H,60,65)/t40-,43+,48-,51?,52?/m1/s1. The van der Waals surface area contributed by atoms with Gasteiger partial charge in [0, 0.05) is 60.4 Å². The number of ether oxygens (including phenoxy) is 2. The summed E-state index contributed by atoms with van der Waals surface area (Å²) < 4.78 is 12.1. The topological polar surface area (TPSA) is 171 Å². The van der Waals surface area contributed by atoms with Crippen LogP contribution in [0.5, 0.6) is 5.75 Å². The Morgan fingerprint density at radius 1 is 0.942 bits per heavy atom. The van der Waals surface area contributed by atoms with Crippen LogP contribution in [0, 0.1) is 27.6 Å². The van der Waals surface area contributed by atoms with Crippen molar-refractivity contribution >= 4 is 46.4 Å². The number of β-amino-alcohol motifs (C(OH)–C–C–N with tert-alkyl or cyclic N) is 1. The van der Waals surface area contributed by atoms with Gasteiger partial charge in [-0.15, -0.1) is 11.3 Å². The maximum Gasteiger partial charge on any atom is 0.251 e. The van der Waals surface area contributed by atoms with E-state index in [1.165, 1.54) is 28.3 Å². The highest BCUT2D eigenvalue weighted by atomic mass is 35.5. The normalized spacial score (nSPS) is 20.9. The third-order valence-corrected chi connectivity index (χ3v) is 15.4. The zero-order valence-electron chi connectivity index (χ0n) is 41.1. The van der Waals surface area contributed by atoms with E-state index in [9.17, 15) is 29.5 Å². The van der Waals surface area contributed by atoms with Crippen LogP contribution in [-0.4, -0.2) is 88.6 Å². The molecular formula is C55H68ClN5O7S. The largest absolute Gasteiger partial charge is 0.489 e. The Balaban J connectivity index is 0.789. The number of hydrogen-bond acceptors (Lipinski definition) is 10. The lowest BCUT2D eigenvalue weighted by Gasteiger charge is -2.63. The summed E-state index contributed by atoms with van der Waals surface area (Å²) in [5.41, 5.74) is 6.02. The minimum Gasteiger partial charge on any atom is -0.489 e. The monoisotopic (exact) mass is 977 g/mol. The Morgan fingerprint density at radius 2 is 1.61 bits per heavy atom. The summed E-state index contributed by atoms with van der Waals surface area (Å²) in [5, 5.41) is 26.3. The molecule has 7 rings (SSSR count). The lowest BCUT2D eigenvalue weighted by molar-refractivity contribution is -0.164. The first kappa shape index (κ1) is 51.7. The molecule has 14 heteroatoms. The Hall–Kier alpha value is -5.13. The van der Waals surface area contributed by atoms with Gasteiger partial charge in [-0.05, 0) is 84.9 Å². The second-order valence-corrected chi connectivity index (χ2v) is 22.7. The van der Waals surface area contributed by atoms with E-state index in [-0.39, 0.29) is 66.6 Å². The number of carbonyl (C=O) groups is 4. The van der Waals surface area contributed by atoms with Crippen molar-refractivity contribution in [1.29, 1.82) is 5.26 Å². The Kier molecular flexibility index (Phi) is 16.4. The average molecular weight is 979 g/mol. The highest BCUT2D eigenvalue weighted by Gasteiger charge is 2.64. The second-order valence-electron chi connectivity index (χ2n) is 21.5. The van der Waals surface area contributed by atoms with Gasteiger partial charge in [0.25, 0.3) is 5.91 Å². The number of nitriles is 1. The van der Waals surface area contributed by atoms with Gasteiger partial charge in [0.05, 0.1) is 38.8 Å². The molecule has 368 valence electrons. The number of hydrogen-bond donors (Lipinski definition) is 3. The number of amides is 3. The number of aliphatic hydroxyl groups is 1. The summed E-state index contributed by atoms with van der Waals surface area (Å²) in [4.78, 5) is 61.5. The van der Waals surface area contributed by atoms with Gasteiger partial charge >= 0.3 is 0 Å². The van der Waals surface area contributed by atoms with Crippen molar-refractivity contribution in [1.82, 2.24) is 20.5 Å². The third-order valence-electron chi connectivity index (χ3n) is 14.2. The van der Waals surface area contributed by atoms with Crippen molar-refractivity contribution < 1.29 is 33.8 Å². The number of ketones is 1. The van der Waals surface area contributed by atoms with Crippen LogP contribution >= 0.6 is 22.9 Å². The average Bonchev–Trinajstić information content (AvgIpc) is 3.90. The lowest BCUT2D eigenvalue weighted by atomic mass is 9.49. The minimum absolute atomic E-state index is 0.0411. The molecule has 0 spiro atoms. The number of aromatic nitrogens is 1. The molecule has 3 amide bonds. The van der Waals surface area contributed by atoms with Crippen LogP contribution in [0.3, 0.4) is 0 Å². The molecule has 0 radical (unpaired) electrons. The quantitative estimate of drug-likeness (QED) is 0.0688. The summed E-state index contributed by atoms with van der Waals surface area (Å²) in [6.45, 7) is 14.2.